The molecule has 0 saturated heterocycles. The van der Waals surface area contributed by atoms with E-state index in [0.29, 0.717) is 29.1 Å². The maximum Gasteiger partial charge on any atom is 0.338 e. The molecule has 0 radical (unpaired) electrons. The second-order valence-corrected chi connectivity index (χ2v) is 6.03. The Bertz CT molecular complexity index is 762. The van der Waals surface area contributed by atoms with Crippen molar-refractivity contribution in [1.82, 2.24) is 5.32 Å². The van der Waals surface area contributed by atoms with Crippen molar-refractivity contribution in [2.24, 2.45) is 0 Å². The molecule has 7 heteroatoms. The van der Waals surface area contributed by atoms with Crippen molar-refractivity contribution in [1.29, 1.82) is 0 Å². The number of rotatable bonds is 9. The lowest BCUT2D eigenvalue weighted by Crippen LogP contribution is -2.25. The first-order valence-corrected chi connectivity index (χ1v) is 8.85. The van der Waals surface area contributed by atoms with Gasteiger partial charge in [0.2, 0.25) is 0 Å². The summed E-state index contributed by atoms with van der Waals surface area (Å²) in [5, 5.41) is 3.27. The molecule has 0 aliphatic carbocycles. The van der Waals surface area contributed by atoms with E-state index in [1.54, 1.807) is 54.6 Å². The van der Waals surface area contributed by atoms with Crippen molar-refractivity contribution < 1.29 is 23.9 Å². The molecule has 0 unspecified atom stereocenters. The second kappa shape index (κ2) is 11.0. The molecule has 2 aromatic carbocycles. The average molecular weight is 390 g/mol. The molecule has 6 nitrogen and oxygen atoms in total. The Kier molecular flexibility index (Phi) is 8.32. The minimum atomic E-state index is -0.462. The first-order chi connectivity index (χ1) is 13.1. The summed E-state index contributed by atoms with van der Waals surface area (Å²) in [5.41, 5.74) is 0.947. The number of nitrogens with one attached hydrogen (secondary N) is 1. The third-order valence-electron chi connectivity index (χ3n) is 3.54. The molecule has 0 spiro atoms. The molecule has 2 rings (SSSR count). The Morgan fingerprint density at radius 2 is 1.52 bits per heavy atom. The Morgan fingerprint density at radius 1 is 0.852 bits per heavy atom. The normalized spacial score (nSPS) is 10.1. The number of benzene rings is 2. The number of hydrogen-bond acceptors (Lipinski definition) is 5. The number of amides is 1. The quantitative estimate of drug-likeness (QED) is 0.526. The Labute approximate surface area is 162 Å². The molecule has 0 atom stereocenters. The highest BCUT2D eigenvalue weighted by Gasteiger charge is 2.08. The van der Waals surface area contributed by atoms with Gasteiger partial charge in [-0.1, -0.05) is 29.8 Å². The van der Waals surface area contributed by atoms with E-state index >= 15 is 0 Å². The fourth-order valence-electron chi connectivity index (χ4n) is 2.16. The second-order valence-electron chi connectivity index (χ2n) is 5.59. The predicted molar refractivity (Wildman–Crippen MR) is 101 cm³/mol. The van der Waals surface area contributed by atoms with Gasteiger partial charge >= 0.3 is 11.9 Å². The van der Waals surface area contributed by atoms with E-state index in [-0.39, 0.29) is 25.5 Å². The minimum absolute atomic E-state index is 0.00542. The molecule has 2 aromatic rings. The molecule has 142 valence electrons. The van der Waals surface area contributed by atoms with Crippen molar-refractivity contribution in [3.63, 3.8) is 0 Å². The van der Waals surface area contributed by atoms with Gasteiger partial charge in [-0.05, 0) is 42.8 Å². The zero-order valence-corrected chi connectivity index (χ0v) is 15.4. The van der Waals surface area contributed by atoms with E-state index in [1.165, 1.54) is 0 Å². The van der Waals surface area contributed by atoms with Crippen LogP contribution in [-0.2, 0) is 14.3 Å². The minimum Gasteiger partial charge on any atom is -0.462 e. The number of esters is 2. The summed E-state index contributed by atoms with van der Waals surface area (Å²) in [6.07, 6.45) is 0.607. The maximum absolute atomic E-state index is 11.9. The zero-order chi connectivity index (χ0) is 19.5. The molecule has 0 saturated carbocycles. The maximum atomic E-state index is 11.9. The van der Waals surface area contributed by atoms with Crippen LogP contribution in [0, 0.1) is 0 Å². The van der Waals surface area contributed by atoms with E-state index in [1.807, 2.05) is 0 Å². The fraction of sp³-hybridized carbons (Fsp3) is 0.250. The van der Waals surface area contributed by atoms with Crippen molar-refractivity contribution in [3.8, 4) is 0 Å². The van der Waals surface area contributed by atoms with Crippen LogP contribution in [0.3, 0.4) is 0 Å². The first-order valence-electron chi connectivity index (χ1n) is 8.48. The van der Waals surface area contributed by atoms with Gasteiger partial charge in [-0.2, -0.15) is 0 Å². The van der Waals surface area contributed by atoms with Gasteiger partial charge in [0, 0.05) is 23.6 Å². The number of hydrogen-bond donors (Lipinski definition) is 1. The number of carbonyl (C=O) groups is 3. The molecule has 0 aliphatic heterocycles. The smallest absolute Gasteiger partial charge is 0.338 e. The van der Waals surface area contributed by atoms with Crippen LogP contribution in [0.25, 0.3) is 0 Å². The lowest BCUT2D eigenvalue weighted by molar-refractivity contribution is -0.144. The molecule has 1 N–H and O–H groups in total. The van der Waals surface area contributed by atoms with Crippen LogP contribution in [0.5, 0.6) is 0 Å². The molecule has 0 heterocycles. The molecule has 0 bridgehead atoms. The molecule has 0 aliphatic rings. The van der Waals surface area contributed by atoms with Crippen LogP contribution in [0.15, 0.2) is 54.6 Å². The van der Waals surface area contributed by atoms with Crippen LogP contribution in [0.4, 0.5) is 0 Å². The lowest BCUT2D eigenvalue weighted by Gasteiger charge is -2.07. The van der Waals surface area contributed by atoms with Crippen LogP contribution in [0.2, 0.25) is 5.02 Å². The highest BCUT2D eigenvalue weighted by molar-refractivity contribution is 6.30. The Balaban J connectivity index is 1.54. The number of ether oxygens (including phenoxy) is 2. The molecule has 27 heavy (non-hydrogen) atoms. The van der Waals surface area contributed by atoms with Gasteiger partial charge in [0.05, 0.1) is 5.56 Å². The Morgan fingerprint density at radius 3 is 2.22 bits per heavy atom. The molecular formula is C20H20ClNO5. The lowest BCUT2D eigenvalue weighted by atomic mass is 10.2. The number of carbonyl (C=O) groups excluding carboxylic acids is 3. The molecule has 1 amide bonds. The van der Waals surface area contributed by atoms with E-state index < -0.39 is 11.9 Å². The van der Waals surface area contributed by atoms with Gasteiger partial charge in [-0.15, -0.1) is 0 Å². The summed E-state index contributed by atoms with van der Waals surface area (Å²) >= 11 is 5.77. The zero-order valence-electron chi connectivity index (χ0n) is 14.7. The summed E-state index contributed by atoms with van der Waals surface area (Å²) in [7, 11) is 0. The van der Waals surface area contributed by atoms with Crippen LogP contribution < -0.4 is 5.32 Å². The van der Waals surface area contributed by atoms with Crippen LogP contribution in [-0.4, -0.2) is 37.6 Å². The van der Waals surface area contributed by atoms with Gasteiger partial charge in [0.15, 0.2) is 0 Å². The summed E-state index contributed by atoms with van der Waals surface area (Å²) in [6.45, 7) is 0.334. The van der Waals surface area contributed by atoms with Crippen molar-refractivity contribution in [2.45, 2.75) is 12.8 Å². The summed E-state index contributed by atoms with van der Waals surface area (Å²) in [4.78, 5) is 35.2. The highest BCUT2D eigenvalue weighted by Crippen LogP contribution is 2.09. The van der Waals surface area contributed by atoms with Gasteiger partial charge in [0.25, 0.3) is 5.91 Å². The van der Waals surface area contributed by atoms with E-state index in [4.69, 9.17) is 21.1 Å². The van der Waals surface area contributed by atoms with E-state index in [2.05, 4.69) is 5.32 Å². The van der Waals surface area contributed by atoms with Gasteiger partial charge < -0.3 is 14.8 Å². The predicted octanol–water partition coefficient (Wildman–Crippen LogP) is 3.25. The molecular weight excluding hydrogens is 370 g/mol. The largest absolute Gasteiger partial charge is 0.462 e. The summed E-state index contributed by atoms with van der Waals surface area (Å²) < 4.78 is 10.0. The van der Waals surface area contributed by atoms with Crippen molar-refractivity contribution in [2.75, 3.05) is 19.8 Å². The topological polar surface area (TPSA) is 81.7 Å². The third kappa shape index (κ3) is 7.50. The first kappa shape index (κ1) is 20.5. The average Bonchev–Trinajstić information content (AvgIpc) is 2.69. The highest BCUT2D eigenvalue weighted by atomic mass is 35.5. The summed E-state index contributed by atoms with van der Waals surface area (Å²) in [6, 6.07) is 15.1. The van der Waals surface area contributed by atoms with Crippen LogP contribution >= 0.6 is 11.6 Å². The van der Waals surface area contributed by atoms with E-state index in [0.717, 1.165) is 0 Å². The van der Waals surface area contributed by atoms with Gasteiger partial charge in [-0.25, -0.2) is 4.79 Å². The van der Waals surface area contributed by atoms with Gasteiger partial charge in [-0.3, -0.25) is 9.59 Å². The monoisotopic (exact) mass is 389 g/mol. The van der Waals surface area contributed by atoms with Crippen molar-refractivity contribution in [3.05, 3.63) is 70.7 Å². The molecule has 0 aromatic heterocycles. The van der Waals surface area contributed by atoms with Gasteiger partial charge in [0.1, 0.15) is 13.2 Å². The number of halogens is 1. The SMILES string of the molecule is O=C(CCCNC(=O)c1ccc(Cl)cc1)OCCOC(=O)c1ccccc1. The third-order valence-corrected chi connectivity index (χ3v) is 3.79. The van der Waals surface area contributed by atoms with E-state index in [9.17, 15) is 14.4 Å². The molecule has 0 fully saturated rings. The summed E-state index contributed by atoms with van der Waals surface area (Å²) in [5.74, 6) is -1.10. The fourth-order valence-corrected chi connectivity index (χ4v) is 2.28. The van der Waals surface area contributed by atoms with Crippen LogP contribution in [0.1, 0.15) is 33.6 Å². The standard InChI is InChI=1S/C20H20ClNO5/c21-17-10-8-15(9-11-17)19(24)22-12-4-7-18(23)26-13-14-27-20(25)16-5-2-1-3-6-16/h1-3,5-6,8-11H,4,7,12-14H2,(H,22,24). The van der Waals surface area contributed by atoms with Crippen molar-refractivity contribution >= 4 is 29.4 Å². The Hall–Kier alpha value is -2.86.